The number of nitrogens with two attached hydrogens (primary N) is 1. The predicted octanol–water partition coefficient (Wildman–Crippen LogP) is 3.94. The fraction of sp³-hybridized carbons (Fsp3) is 0.292. The Balaban J connectivity index is 1.34. The van der Waals surface area contributed by atoms with Gasteiger partial charge in [0.25, 0.3) is 0 Å². The quantitative estimate of drug-likeness (QED) is 0.449. The smallest absolute Gasteiger partial charge is 0.237 e. The number of carbonyl (C=O) groups excluding carboxylic acids is 1. The van der Waals surface area contributed by atoms with Crippen molar-refractivity contribution >= 4 is 55.7 Å². The molecule has 2 N–H and O–H groups in total. The lowest BCUT2D eigenvalue weighted by molar-refractivity contribution is -0.142. The minimum Gasteiger partial charge on any atom is -0.383 e. The zero-order valence-corrected chi connectivity index (χ0v) is 19.8. The summed E-state index contributed by atoms with van der Waals surface area (Å²) < 4.78 is 6.64. The number of nitrogen functional groups attached to an aromatic ring is 1. The van der Waals surface area contributed by atoms with Gasteiger partial charge in [-0.25, -0.2) is 9.97 Å². The number of rotatable bonds is 6. The highest BCUT2D eigenvalue weighted by atomic mass is 35.5. The molecule has 4 aromatic rings. The molecular formula is C24H24ClN5O2S. The standard InChI is InChI=1S/C24H24ClN5O2S/c1-32-12-18-10-29(9-16-13-33-22-7-17(25)3-5-19(16)22)11-23(31)30(18)8-15-2-4-20-21(6-15)27-14-28-24(20)26/h2-7,13-14,18H,8-12H2,1H3,(H2,26,27,28)/t18-/m1/s1. The van der Waals surface area contributed by atoms with Gasteiger partial charge in [-0.1, -0.05) is 23.7 Å². The fourth-order valence-electron chi connectivity index (χ4n) is 4.46. The van der Waals surface area contributed by atoms with E-state index >= 15 is 0 Å². The molecule has 0 spiro atoms. The van der Waals surface area contributed by atoms with Crippen LogP contribution in [0.25, 0.3) is 21.0 Å². The van der Waals surface area contributed by atoms with Crippen molar-refractivity contribution in [2.75, 3.05) is 32.5 Å². The normalized spacial score (nSPS) is 17.3. The number of ether oxygens (including phenoxy) is 1. The van der Waals surface area contributed by atoms with Crippen molar-refractivity contribution in [3.63, 3.8) is 0 Å². The second-order valence-electron chi connectivity index (χ2n) is 8.31. The number of fused-ring (bicyclic) bond motifs is 2. The van der Waals surface area contributed by atoms with Gasteiger partial charge >= 0.3 is 0 Å². The molecule has 0 aliphatic carbocycles. The number of benzene rings is 2. The average molecular weight is 482 g/mol. The van der Waals surface area contributed by atoms with Crippen LogP contribution in [0, 0.1) is 0 Å². The molecule has 0 unspecified atom stereocenters. The van der Waals surface area contributed by atoms with E-state index in [1.165, 1.54) is 17.3 Å². The highest BCUT2D eigenvalue weighted by molar-refractivity contribution is 7.17. The first kappa shape index (κ1) is 22.0. The van der Waals surface area contributed by atoms with Crippen LogP contribution in [-0.4, -0.2) is 58.5 Å². The highest BCUT2D eigenvalue weighted by Gasteiger charge is 2.32. The van der Waals surface area contributed by atoms with Gasteiger partial charge in [-0.15, -0.1) is 11.3 Å². The third kappa shape index (κ3) is 4.52. The lowest BCUT2D eigenvalue weighted by Gasteiger charge is -2.41. The van der Waals surface area contributed by atoms with E-state index in [0.29, 0.717) is 32.1 Å². The third-order valence-electron chi connectivity index (χ3n) is 6.04. The van der Waals surface area contributed by atoms with Crippen LogP contribution in [0.5, 0.6) is 0 Å². The maximum atomic E-state index is 13.2. The van der Waals surface area contributed by atoms with E-state index in [4.69, 9.17) is 22.1 Å². The first-order valence-corrected chi connectivity index (χ1v) is 11.9. The van der Waals surface area contributed by atoms with E-state index in [-0.39, 0.29) is 11.9 Å². The number of halogens is 1. The van der Waals surface area contributed by atoms with E-state index in [1.54, 1.807) is 18.4 Å². The van der Waals surface area contributed by atoms with Crippen molar-refractivity contribution in [3.05, 3.63) is 64.3 Å². The van der Waals surface area contributed by atoms with Crippen LogP contribution in [0.4, 0.5) is 5.82 Å². The maximum absolute atomic E-state index is 13.2. The molecule has 1 atom stereocenters. The molecule has 3 heterocycles. The molecule has 5 rings (SSSR count). The van der Waals surface area contributed by atoms with Crippen molar-refractivity contribution in [2.45, 2.75) is 19.1 Å². The number of thiophene rings is 1. The number of amides is 1. The molecule has 0 bridgehead atoms. The zero-order chi connectivity index (χ0) is 22.9. The molecule has 33 heavy (non-hydrogen) atoms. The summed E-state index contributed by atoms with van der Waals surface area (Å²) in [4.78, 5) is 25.7. The molecule has 2 aromatic carbocycles. The van der Waals surface area contributed by atoms with Crippen molar-refractivity contribution in [1.82, 2.24) is 19.8 Å². The van der Waals surface area contributed by atoms with E-state index in [9.17, 15) is 4.79 Å². The van der Waals surface area contributed by atoms with Crippen LogP contribution in [0.1, 0.15) is 11.1 Å². The van der Waals surface area contributed by atoms with Crippen LogP contribution < -0.4 is 5.73 Å². The molecule has 9 heteroatoms. The number of anilines is 1. The van der Waals surface area contributed by atoms with Crippen LogP contribution in [-0.2, 0) is 22.6 Å². The van der Waals surface area contributed by atoms with Crippen LogP contribution in [0.2, 0.25) is 5.02 Å². The van der Waals surface area contributed by atoms with Gasteiger partial charge in [-0.2, -0.15) is 0 Å². The summed E-state index contributed by atoms with van der Waals surface area (Å²) in [5.74, 6) is 0.546. The van der Waals surface area contributed by atoms with Crippen molar-refractivity contribution < 1.29 is 9.53 Å². The van der Waals surface area contributed by atoms with Crippen LogP contribution >= 0.6 is 22.9 Å². The first-order chi connectivity index (χ1) is 16.0. The second-order valence-corrected chi connectivity index (χ2v) is 9.66. The van der Waals surface area contributed by atoms with Gasteiger partial charge < -0.3 is 15.4 Å². The van der Waals surface area contributed by atoms with Crippen molar-refractivity contribution in [2.24, 2.45) is 0 Å². The van der Waals surface area contributed by atoms with Crippen molar-refractivity contribution in [1.29, 1.82) is 0 Å². The topological polar surface area (TPSA) is 84.6 Å². The molecule has 1 amide bonds. The van der Waals surface area contributed by atoms with E-state index in [2.05, 4.69) is 26.3 Å². The SMILES string of the molecule is COC[C@H]1CN(Cc2csc3cc(Cl)ccc23)CC(=O)N1Cc1ccc2c(N)ncnc2c1. The third-order valence-corrected chi connectivity index (χ3v) is 7.27. The van der Waals surface area contributed by atoms with Gasteiger partial charge in [-0.3, -0.25) is 9.69 Å². The van der Waals surface area contributed by atoms with Gasteiger partial charge in [0.05, 0.1) is 24.7 Å². The Morgan fingerprint density at radius 3 is 2.88 bits per heavy atom. The number of hydrogen-bond acceptors (Lipinski definition) is 7. The highest BCUT2D eigenvalue weighted by Crippen LogP contribution is 2.30. The zero-order valence-electron chi connectivity index (χ0n) is 18.2. The van der Waals surface area contributed by atoms with E-state index in [1.807, 2.05) is 35.2 Å². The average Bonchev–Trinajstić information content (AvgIpc) is 3.18. The molecule has 170 valence electrons. The Kier molecular flexibility index (Phi) is 6.16. The summed E-state index contributed by atoms with van der Waals surface area (Å²) in [6.45, 7) is 2.81. The molecule has 2 aromatic heterocycles. The molecular weight excluding hydrogens is 458 g/mol. The molecule has 1 saturated heterocycles. The second kappa shape index (κ2) is 9.23. The summed E-state index contributed by atoms with van der Waals surface area (Å²) in [5, 5.41) is 4.91. The maximum Gasteiger partial charge on any atom is 0.237 e. The minimum absolute atomic E-state index is 0.0400. The molecule has 7 nitrogen and oxygen atoms in total. The monoisotopic (exact) mass is 481 g/mol. The Morgan fingerprint density at radius 1 is 1.18 bits per heavy atom. The minimum atomic E-state index is -0.0400. The summed E-state index contributed by atoms with van der Waals surface area (Å²) in [7, 11) is 1.67. The van der Waals surface area contributed by atoms with Gasteiger partial charge in [-0.05, 0) is 46.2 Å². The lowest BCUT2D eigenvalue weighted by atomic mass is 10.1. The number of methoxy groups -OCH3 is 1. The Labute approximate surface area is 200 Å². The lowest BCUT2D eigenvalue weighted by Crippen LogP contribution is -2.57. The van der Waals surface area contributed by atoms with Crippen LogP contribution in [0.3, 0.4) is 0 Å². The number of carbonyl (C=O) groups is 1. The molecule has 1 aliphatic rings. The van der Waals surface area contributed by atoms with Gasteiger partial charge in [0, 0.05) is 41.9 Å². The van der Waals surface area contributed by atoms with Gasteiger partial charge in [0.1, 0.15) is 12.1 Å². The molecule has 0 saturated carbocycles. The van der Waals surface area contributed by atoms with Gasteiger partial charge in [0.2, 0.25) is 5.91 Å². The first-order valence-electron chi connectivity index (χ1n) is 10.7. The number of piperazine rings is 1. The summed E-state index contributed by atoms with van der Waals surface area (Å²) >= 11 is 7.82. The van der Waals surface area contributed by atoms with E-state index < -0.39 is 0 Å². The summed E-state index contributed by atoms with van der Waals surface area (Å²) in [6, 6.07) is 11.8. The molecule has 1 aliphatic heterocycles. The Hall–Kier alpha value is -2.78. The van der Waals surface area contributed by atoms with E-state index in [0.717, 1.165) is 32.7 Å². The Bertz CT molecular complexity index is 1330. The Morgan fingerprint density at radius 2 is 2.03 bits per heavy atom. The number of nitrogens with zero attached hydrogens (tertiary/aromatic N) is 4. The van der Waals surface area contributed by atoms with Gasteiger partial charge in [0.15, 0.2) is 0 Å². The largest absolute Gasteiger partial charge is 0.383 e. The molecule has 1 fully saturated rings. The molecule has 0 radical (unpaired) electrons. The van der Waals surface area contributed by atoms with Crippen molar-refractivity contribution in [3.8, 4) is 0 Å². The number of aromatic nitrogens is 2. The fourth-order valence-corrected chi connectivity index (χ4v) is 5.69. The van der Waals surface area contributed by atoms with Crippen LogP contribution in [0.15, 0.2) is 48.1 Å². The summed E-state index contributed by atoms with van der Waals surface area (Å²) in [6.07, 6.45) is 1.46. The predicted molar refractivity (Wildman–Crippen MR) is 132 cm³/mol. The number of hydrogen-bond donors (Lipinski definition) is 1. The summed E-state index contributed by atoms with van der Waals surface area (Å²) in [5.41, 5.74) is 8.94.